The second-order valence-electron chi connectivity index (χ2n) is 4.81. The van der Waals surface area contributed by atoms with Crippen LogP contribution in [-0.4, -0.2) is 21.6 Å². The van der Waals surface area contributed by atoms with Gasteiger partial charge in [-0.15, -0.1) is 12.4 Å². The number of aromatic nitrogens is 2. The molecule has 0 saturated heterocycles. The summed E-state index contributed by atoms with van der Waals surface area (Å²) in [6.07, 6.45) is 3.65. The summed E-state index contributed by atoms with van der Waals surface area (Å²) in [5, 5.41) is 4.32. The van der Waals surface area contributed by atoms with Crippen LogP contribution in [0.3, 0.4) is 0 Å². The molecule has 1 amide bonds. The number of nitrogens with zero attached hydrogens (tertiary/aromatic N) is 3. The van der Waals surface area contributed by atoms with Crippen molar-refractivity contribution in [1.29, 1.82) is 0 Å². The van der Waals surface area contributed by atoms with Gasteiger partial charge < -0.3 is 11.5 Å². The highest BCUT2D eigenvalue weighted by Crippen LogP contribution is 2.42. The number of para-hydroxylation sites is 1. The van der Waals surface area contributed by atoms with Gasteiger partial charge in [-0.25, -0.2) is 4.68 Å². The van der Waals surface area contributed by atoms with Crippen molar-refractivity contribution in [3.8, 4) is 5.69 Å². The van der Waals surface area contributed by atoms with Gasteiger partial charge in [-0.3, -0.25) is 4.79 Å². The van der Waals surface area contributed by atoms with Gasteiger partial charge in [0, 0.05) is 5.92 Å². The molecule has 0 atom stereocenters. The third kappa shape index (κ3) is 3.05. The van der Waals surface area contributed by atoms with Crippen LogP contribution < -0.4 is 11.5 Å². The molecule has 0 radical (unpaired) electrons. The predicted molar refractivity (Wildman–Crippen MR) is 82.9 cm³/mol. The molecule has 7 heteroatoms. The van der Waals surface area contributed by atoms with Crippen LogP contribution in [0.4, 0.5) is 0 Å². The SMILES string of the molecule is Cl.NC(N)=NC(=O)c1cnn(-c2ccccc2)c1C1CC1. The Balaban J connectivity index is 0.00000161. The molecule has 3 rings (SSSR count). The van der Waals surface area contributed by atoms with Gasteiger partial charge in [0.15, 0.2) is 5.96 Å². The molecule has 1 fully saturated rings. The maximum Gasteiger partial charge on any atom is 0.283 e. The van der Waals surface area contributed by atoms with Gasteiger partial charge in [-0.2, -0.15) is 10.1 Å². The summed E-state index contributed by atoms with van der Waals surface area (Å²) in [6, 6.07) is 9.72. The number of carbonyl (C=O) groups excluding carboxylic acids is 1. The molecular formula is C14H16ClN5O. The van der Waals surface area contributed by atoms with E-state index < -0.39 is 5.91 Å². The highest BCUT2D eigenvalue weighted by molar-refractivity contribution is 6.02. The van der Waals surface area contributed by atoms with Crippen LogP contribution in [0, 0.1) is 0 Å². The maximum absolute atomic E-state index is 12.1. The summed E-state index contributed by atoms with van der Waals surface area (Å²) < 4.78 is 1.80. The molecule has 6 nitrogen and oxygen atoms in total. The third-order valence-corrected chi connectivity index (χ3v) is 3.23. The lowest BCUT2D eigenvalue weighted by atomic mass is 10.1. The minimum atomic E-state index is -0.436. The van der Waals surface area contributed by atoms with Crippen LogP contribution in [0.2, 0.25) is 0 Å². The molecule has 4 N–H and O–H groups in total. The molecule has 1 aliphatic carbocycles. The summed E-state index contributed by atoms with van der Waals surface area (Å²) in [6.45, 7) is 0. The Labute approximate surface area is 128 Å². The second kappa shape index (κ2) is 5.97. The van der Waals surface area contributed by atoms with Crippen LogP contribution in [0.15, 0.2) is 41.5 Å². The van der Waals surface area contributed by atoms with Gasteiger partial charge in [-0.1, -0.05) is 18.2 Å². The Morgan fingerprint density at radius 3 is 2.48 bits per heavy atom. The van der Waals surface area contributed by atoms with Crippen molar-refractivity contribution < 1.29 is 4.79 Å². The minimum absolute atomic E-state index is 0. The Hall–Kier alpha value is -2.34. The molecular weight excluding hydrogens is 290 g/mol. The first kappa shape index (κ1) is 15.1. The van der Waals surface area contributed by atoms with Crippen LogP contribution in [0.1, 0.15) is 34.8 Å². The van der Waals surface area contributed by atoms with Gasteiger partial charge in [0.05, 0.1) is 23.1 Å². The average molecular weight is 306 g/mol. The second-order valence-corrected chi connectivity index (χ2v) is 4.81. The van der Waals surface area contributed by atoms with Crippen molar-refractivity contribution >= 4 is 24.3 Å². The van der Waals surface area contributed by atoms with Gasteiger partial charge in [0.1, 0.15) is 0 Å². The fraction of sp³-hybridized carbons (Fsp3) is 0.214. The predicted octanol–water partition coefficient (Wildman–Crippen LogP) is 1.59. The summed E-state index contributed by atoms with van der Waals surface area (Å²) in [5.41, 5.74) is 12.8. The van der Waals surface area contributed by atoms with Crippen LogP contribution in [0.5, 0.6) is 0 Å². The molecule has 0 spiro atoms. The van der Waals surface area contributed by atoms with E-state index in [2.05, 4.69) is 10.1 Å². The lowest BCUT2D eigenvalue weighted by molar-refractivity contribution is 0.100. The molecule has 0 unspecified atom stereocenters. The quantitative estimate of drug-likeness (QED) is 0.664. The van der Waals surface area contributed by atoms with E-state index in [-0.39, 0.29) is 18.4 Å². The molecule has 0 aliphatic heterocycles. The van der Waals surface area contributed by atoms with Gasteiger partial charge in [-0.05, 0) is 25.0 Å². The largest absolute Gasteiger partial charge is 0.370 e. The number of rotatable bonds is 3. The zero-order chi connectivity index (χ0) is 14.1. The van der Waals surface area contributed by atoms with Crippen molar-refractivity contribution in [1.82, 2.24) is 9.78 Å². The smallest absolute Gasteiger partial charge is 0.283 e. The van der Waals surface area contributed by atoms with Gasteiger partial charge >= 0.3 is 0 Å². The van der Waals surface area contributed by atoms with Gasteiger partial charge in [0.25, 0.3) is 5.91 Å². The standard InChI is InChI=1S/C14H15N5O.ClH/c15-14(16)18-13(20)11-8-17-19(12(11)9-6-7-9)10-4-2-1-3-5-10;/h1-5,8-9H,6-7H2,(H4,15,16,18,20);1H. The van der Waals surface area contributed by atoms with E-state index in [0.29, 0.717) is 11.5 Å². The van der Waals surface area contributed by atoms with E-state index in [0.717, 1.165) is 24.2 Å². The minimum Gasteiger partial charge on any atom is -0.370 e. The van der Waals surface area contributed by atoms with E-state index in [1.165, 1.54) is 6.20 Å². The van der Waals surface area contributed by atoms with Crippen LogP contribution in [-0.2, 0) is 0 Å². The first-order valence-corrected chi connectivity index (χ1v) is 6.44. The molecule has 21 heavy (non-hydrogen) atoms. The van der Waals surface area contributed by atoms with Crippen LogP contribution in [0.25, 0.3) is 5.69 Å². The van der Waals surface area contributed by atoms with Crippen molar-refractivity contribution in [2.24, 2.45) is 16.5 Å². The number of guanidine groups is 1. The molecule has 1 aromatic carbocycles. The lowest BCUT2D eigenvalue weighted by Gasteiger charge is -2.07. The number of aliphatic imine (C=N–C) groups is 1. The number of halogens is 1. The van der Waals surface area contributed by atoms with E-state index in [1.54, 1.807) is 4.68 Å². The summed E-state index contributed by atoms with van der Waals surface area (Å²) in [7, 11) is 0. The molecule has 110 valence electrons. The molecule has 0 bridgehead atoms. The number of carbonyl (C=O) groups is 1. The number of hydrogen-bond acceptors (Lipinski definition) is 2. The number of hydrogen-bond donors (Lipinski definition) is 2. The van der Waals surface area contributed by atoms with Crippen molar-refractivity contribution in [2.75, 3.05) is 0 Å². The summed E-state index contributed by atoms with van der Waals surface area (Å²) >= 11 is 0. The topological polar surface area (TPSA) is 99.3 Å². The van der Waals surface area contributed by atoms with Crippen molar-refractivity contribution in [3.05, 3.63) is 47.8 Å². The maximum atomic E-state index is 12.1. The zero-order valence-corrected chi connectivity index (χ0v) is 12.1. The van der Waals surface area contributed by atoms with E-state index >= 15 is 0 Å². The van der Waals surface area contributed by atoms with Gasteiger partial charge in [0.2, 0.25) is 0 Å². The number of benzene rings is 1. The van der Waals surface area contributed by atoms with Crippen molar-refractivity contribution in [2.45, 2.75) is 18.8 Å². The molecule has 1 aromatic heterocycles. The number of nitrogens with two attached hydrogens (primary N) is 2. The Kier molecular flexibility index (Phi) is 4.28. The normalized spacial score (nSPS) is 13.3. The molecule has 1 aliphatic rings. The monoisotopic (exact) mass is 305 g/mol. The summed E-state index contributed by atoms with van der Waals surface area (Å²) in [4.78, 5) is 15.7. The molecule has 1 saturated carbocycles. The van der Waals surface area contributed by atoms with E-state index in [1.807, 2.05) is 30.3 Å². The Morgan fingerprint density at radius 2 is 1.90 bits per heavy atom. The Bertz CT molecular complexity index is 672. The van der Waals surface area contributed by atoms with E-state index in [4.69, 9.17) is 11.5 Å². The fourth-order valence-electron chi connectivity index (χ4n) is 2.22. The van der Waals surface area contributed by atoms with Crippen LogP contribution >= 0.6 is 12.4 Å². The van der Waals surface area contributed by atoms with Crippen molar-refractivity contribution in [3.63, 3.8) is 0 Å². The first-order chi connectivity index (χ1) is 9.66. The van der Waals surface area contributed by atoms with E-state index in [9.17, 15) is 4.79 Å². The fourth-order valence-corrected chi connectivity index (χ4v) is 2.22. The average Bonchev–Trinajstić information content (AvgIpc) is 3.17. The summed E-state index contributed by atoms with van der Waals surface area (Å²) in [5.74, 6) is -0.316. The lowest BCUT2D eigenvalue weighted by Crippen LogP contribution is -2.24. The molecule has 2 aromatic rings. The Morgan fingerprint density at radius 1 is 1.24 bits per heavy atom. The highest BCUT2D eigenvalue weighted by atomic mass is 35.5. The molecule has 1 heterocycles. The number of amides is 1. The first-order valence-electron chi connectivity index (χ1n) is 6.44. The third-order valence-electron chi connectivity index (χ3n) is 3.23. The highest BCUT2D eigenvalue weighted by Gasteiger charge is 2.32. The zero-order valence-electron chi connectivity index (χ0n) is 11.3.